The maximum atomic E-state index is 12.4. The highest BCUT2D eigenvalue weighted by Gasteiger charge is 2.35. The van der Waals surface area contributed by atoms with Crippen LogP contribution in [0, 0.1) is 5.41 Å². The third-order valence-corrected chi connectivity index (χ3v) is 5.29. The Labute approximate surface area is 143 Å². The van der Waals surface area contributed by atoms with Crippen molar-refractivity contribution < 1.29 is 9.90 Å². The van der Waals surface area contributed by atoms with Crippen LogP contribution in [-0.2, 0) is 6.42 Å². The predicted octanol–water partition coefficient (Wildman–Crippen LogP) is 3.25. The Hall–Kier alpha value is -2.07. The molecule has 1 aromatic carbocycles. The van der Waals surface area contributed by atoms with Gasteiger partial charge in [-0.3, -0.25) is 4.79 Å². The largest absolute Gasteiger partial charge is 0.396 e. The third-order valence-electron chi connectivity index (χ3n) is 5.29. The minimum absolute atomic E-state index is 0.0265. The Kier molecular flexibility index (Phi) is 5.36. The van der Waals surface area contributed by atoms with E-state index in [1.165, 1.54) is 5.56 Å². The van der Waals surface area contributed by atoms with Gasteiger partial charge in [-0.25, -0.2) is 0 Å². The molecule has 2 N–H and O–H groups in total. The van der Waals surface area contributed by atoms with Crippen LogP contribution in [0.4, 0.5) is 0 Å². The van der Waals surface area contributed by atoms with E-state index >= 15 is 0 Å². The highest BCUT2D eigenvalue weighted by atomic mass is 16.3. The maximum absolute atomic E-state index is 12.4. The number of aromatic amines is 1. The van der Waals surface area contributed by atoms with E-state index in [1.54, 1.807) is 6.20 Å². The van der Waals surface area contributed by atoms with Crippen LogP contribution in [0.25, 0.3) is 0 Å². The predicted molar refractivity (Wildman–Crippen MR) is 94.8 cm³/mol. The smallest absolute Gasteiger partial charge is 0.270 e. The molecule has 0 radical (unpaired) electrons. The second kappa shape index (κ2) is 7.67. The number of piperidine rings is 1. The number of aryl methyl sites for hydroxylation is 1. The quantitative estimate of drug-likeness (QED) is 0.856. The van der Waals surface area contributed by atoms with Gasteiger partial charge in [-0.1, -0.05) is 30.3 Å². The van der Waals surface area contributed by atoms with E-state index in [9.17, 15) is 9.90 Å². The molecule has 0 bridgehead atoms. The van der Waals surface area contributed by atoms with Gasteiger partial charge in [0.05, 0.1) is 0 Å². The van der Waals surface area contributed by atoms with Gasteiger partial charge in [0.25, 0.3) is 5.91 Å². The van der Waals surface area contributed by atoms with Gasteiger partial charge in [-0.15, -0.1) is 0 Å². The number of nitrogens with zero attached hydrogens (tertiary/aromatic N) is 1. The first-order chi connectivity index (χ1) is 11.7. The number of aromatic nitrogens is 1. The number of aliphatic hydroxyl groups excluding tert-OH is 1. The summed E-state index contributed by atoms with van der Waals surface area (Å²) in [5, 5.41) is 9.94. The van der Waals surface area contributed by atoms with Crippen LogP contribution in [-0.4, -0.2) is 40.6 Å². The van der Waals surface area contributed by atoms with Crippen molar-refractivity contribution in [3.8, 4) is 0 Å². The Balaban J connectivity index is 1.51. The van der Waals surface area contributed by atoms with E-state index in [0.717, 1.165) is 45.2 Å². The van der Waals surface area contributed by atoms with E-state index in [2.05, 4.69) is 29.2 Å². The van der Waals surface area contributed by atoms with Gasteiger partial charge >= 0.3 is 0 Å². The normalized spacial score (nSPS) is 17.0. The van der Waals surface area contributed by atoms with Crippen molar-refractivity contribution >= 4 is 5.91 Å². The molecular weight excluding hydrogens is 300 g/mol. The molecule has 0 spiro atoms. The summed E-state index contributed by atoms with van der Waals surface area (Å²) in [6.45, 7) is 1.67. The fourth-order valence-corrected chi connectivity index (χ4v) is 3.62. The highest BCUT2D eigenvalue weighted by Crippen LogP contribution is 2.36. The van der Waals surface area contributed by atoms with Crippen LogP contribution in [0.1, 0.15) is 41.7 Å². The molecule has 2 aromatic rings. The third kappa shape index (κ3) is 3.88. The number of aliphatic hydroxyl groups is 1. The topological polar surface area (TPSA) is 56.3 Å². The van der Waals surface area contributed by atoms with Gasteiger partial charge in [0, 0.05) is 25.9 Å². The first-order valence-electron chi connectivity index (χ1n) is 8.80. The zero-order valence-electron chi connectivity index (χ0n) is 14.1. The molecule has 1 saturated heterocycles. The average Bonchev–Trinajstić information content (AvgIpc) is 3.17. The van der Waals surface area contributed by atoms with Gasteiger partial charge in [0.1, 0.15) is 5.69 Å². The average molecular weight is 326 g/mol. The van der Waals surface area contributed by atoms with Crippen LogP contribution in [0.5, 0.6) is 0 Å². The zero-order valence-corrected chi connectivity index (χ0v) is 14.1. The Morgan fingerprint density at radius 3 is 2.50 bits per heavy atom. The SMILES string of the molecule is O=C(c1ccc[nH]1)N1CCC(CO)(CCCc2ccccc2)CC1. The molecule has 0 atom stereocenters. The second-order valence-corrected chi connectivity index (χ2v) is 6.87. The second-order valence-electron chi connectivity index (χ2n) is 6.87. The summed E-state index contributed by atoms with van der Waals surface area (Å²) in [5.41, 5.74) is 1.97. The summed E-state index contributed by atoms with van der Waals surface area (Å²) in [5.74, 6) is 0.0656. The minimum atomic E-state index is -0.0265. The van der Waals surface area contributed by atoms with Crippen LogP contribution < -0.4 is 0 Å². The fourth-order valence-electron chi connectivity index (χ4n) is 3.62. The number of hydrogen-bond donors (Lipinski definition) is 2. The molecule has 0 aliphatic carbocycles. The number of carbonyl (C=O) groups excluding carboxylic acids is 1. The Bertz CT molecular complexity index is 629. The lowest BCUT2D eigenvalue weighted by Crippen LogP contribution is -2.44. The number of rotatable bonds is 6. The van der Waals surface area contributed by atoms with Gasteiger partial charge in [-0.05, 0) is 55.2 Å². The Morgan fingerprint density at radius 2 is 1.88 bits per heavy atom. The molecule has 2 heterocycles. The van der Waals surface area contributed by atoms with Gasteiger partial charge in [-0.2, -0.15) is 0 Å². The molecule has 4 heteroatoms. The lowest BCUT2D eigenvalue weighted by molar-refractivity contribution is 0.0300. The van der Waals surface area contributed by atoms with Gasteiger partial charge in [0.2, 0.25) is 0 Å². The van der Waals surface area contributed by atoms with Crippen molar-refractivity contribution in [1.82, 2.24) is 9.88 Å². The lowest BCUT2D eigenvalue weighted by atomic mass is 9.75. The summed E-state index contributed by atoms with van der Waals surface area (Å²) in [6, 6.07) is 14.2. The summed E-state index contributed by atoms with van der Waals surface area (Å²) in [7, 11) is 0. The Morgan fingerprint density at radius 1 is 1.12 bits per heavy atom. The minimum Gasteiger partial charge on any atom is -0.396 e. The number of amides is 1. The fraction of sp³-hybridized carbons (Fsp3) is 0.450. The standard InChI is InChI=1S/C20H26N2O2/c23-16-20(10-4-8-17-6-2-1-3-7-17)11-14-22(15-12-20)19(24)18-9-5-13-21-18/h1-3,5-7,9,13,21,23H,4,8,10-12,14-16H2. The summed E-state index contributed by atoms with van der Waals surface area (Å²) < 4.78 is 0. The van der Waals surface area contributed by atoms with Gasteiger partial charge < -0.3 is 15.0 Å². The molecule has 128 valence electrons. The maximum Gasteiger partial charge on any atom is 0.270 e. The van der Waals surface area contributed by atoms with E-state index in [1.807, 2.05) is 23.1 Å². The number of hydrogen-bond acceptors (Lipinski definition) is 2. The van der Waals surface area contributed by atoms with Crippen LogP contribution in [0.2, 0.25) is 0 Å². The summed E-state index contributed by atoms with van der Waals surface area (Å²) >= 11 is 0. The van der Waals surface area contributed by atoms with Crippen molar-refractivity contribution in [1.29, 1.82) is 0 Å². The number of likely N-dealkylation sites (tertiary alicyclic amines) is 1. The van der Waals surface area contributed by atoms with Crippen molar-refractivity contribution in [2.24, 2.45) is 5.41 Å². The zero-order chi connectivity index (χ0) is 16.8. The van der Waals surface area contributed by atoms with Crippen LogP contribution in [0.15, 0.2) is 48.7 Å². The summed E-state index contributed by atoms with van der Waals surface area (Å²) in [6.07, 6.45) is 6.68. The molecule has 4 nitrogen and oxygen atoms in total. The molecule has 1 fully saturated rings. The van der Waals surface area contributed by atoms with E-state index in [0.29, 0.717) is 5.69 Å². The van der Waals surface area contributed by atoms with E-state index in [4.69, 9.17) is 0 Å². The lowest BCUT2D eigenvalue weighted by Gasteiger charge is -2.40. The molecular formula is C20H26N2O2. The number of carbonyl (C=O) groups is 1. The number of benzene rings is 1. The van der Waals surface area contributed by atoms with Crippen molar-refractivity contribution in [3.63, 3.8) is 0 Å². The summed E-state index contributed by atoms with van der Waals surface area (Å²) in [4.78, 5) is 17.3. The molecule has 1 aliphatic rings. The first-order valence-corrected chi connectivity index (χ1v) is 8.80. The number of nitrogens with one attached hydrogen (secondary N) is 1. The van der Waals surface area contributed by atoms with Crippen LogP contribution in [0.3, 0.4) is 0 Å². The molecule has 1 amide bonds. The van der Waals surface area contributed by atoms with Crippen molar-refractivity contribution in [2.45, 2.75) is 32.1 Å². The van der Waals surface area contributed by atoms with Crippen molar-refractivity contribution in [2.75, 3.05) is 19.7 Å². The number of H-pyrrole nitrogens is 1. The highest BCUT2D eigenvalue weighted by molar-refractivity contribution is 5.92. The first kappa shape index (κ1) is 16.8. The van der Waals surface area contributed by atoms with Crippen molar-refractivity contribution in [3.05, 3.63) is 59.9 Å². The monoisotopic (exact) mass is 326 g/mol. The van der Waals surface area contributed by atoms with Gasteiger partial charge in [0.15, 0.2) is 0 Å². The molecule has 3 rings (SSSR count). The van der Waals surface area contributed by atoms with Crippen LogP contribution >= 0.6 is 0 Å². The molecule has 0 saturated carbocycles. The molecule has 0 unspecified atom stereocenters. The molecule has 1 aliphatic heterocycles. The molecule has 24 heavy (non-hydrogen) atoms. The molecule has 1 aromatic heterocycles. The van der Waals surface area contributed by atoms with E-state index in [-0.39, 0.29) is 17.9 Å². The van der Waals surface area contributed by atoms with E-state index < -0.39 is 0 Å².